The first kappa shape index (κ1) is 21.2. The van der Waals surface area contributed by atoms with Gasteiger partial charge in [-0.15, -0.1) is 0 Å². The van der Waals surface area contributed by atoms with Gasteiger partial charge in [-0.05, 0) is 66.9 Å². The molecule has 0 fully saturated rings. The first-order valence-corrected chi connectivity index (χ1v) is 10.1. The summed E-state index contributed by atoms with van der Waals surface area (Å²) in [4.78, 5) is 14.4. The van der Waals surface area contributed by atoms with Crippen molar-refractivity contribution >= 4 is 17.4 Å². The van der Waals surface area contributed by atoms with E-state index in [1.54, 1.807) is 0 Å². The molecule has 0 heterocycles. The van der Waals surface area contributed by atoms with Crippen molar-refractivity contribution < 1.29 is 9.53 Å². The van der Waals surface area contributed by atoms with Crippen LogP contribution in [0.25, 0.3) is 11.1 Å². The zero-order valence-electron chi connectivity index (χ0n) is 18.0. The summed E-state index contributed by atoms with van der Waals surface area (Å²) in [5, 5.41) is 5.87. The highest BCUT2D eigenvalue weighted by Gasteiger charge is 2.10. The lowest BCUT2D eigenvalue weighted by molar-refractivity contribution is 0.249. The molecule has 1 atom stereocenters. The molecular weight excluding hydrogens is 374 g/mol. The summed E-state index contributed by atoms with van der Waals surface area (Å²) in [5.74, 6) is 0.873. The highest BCUT2D eigenvalue weighted by Crippen LogP contribution is 2.24. The molecule has 0 aromatic heterocycles. The molecule has 30 heavy (non-hydrogen) atoms. The largest absolute Gasteiger partial charge is 0.494 e. The molecule has 3 aromatic carbocycles. The zero-order valence-corrected chi connectivity index (χ0v) is 18.0. The molecular formula is C25H29N3O2. The van der Waals surface area contributed by atoms with Gasteiger partial charge in [0.2, 0.25) is 0 Å². The summed E-state index contributed by atoms with van der Waals surface area (Å²) < 4.78 is 5.49. The second-order valence-electron chi connectivity index (χ2n) is 7.34. The lowest BCUT2D eigenvalue weighted by Gasteiger charge is -2.16. The summed E-state index contributed by atoms with van der Waals surface area (Å²) in [6.45, 7) is 4.61. The van der Waals surface area contributed by atoms with E-state index >= 15 is 0 Å². The predicted molar refractivity (Wildman–Crippen MR) is 124 cm³/mol. The summed E-state index contributed by atoms with van der Waals surface area (Å²) in [6.07, 6.45) is 0. The SMILES string of the molecule is CCOc1ccc(-c2ccc(C(C)NC(=O)Nc3ccc(N(C)C)cc3)cc2)cc1. The molecule has 5 heteroatoms. The van der Waals surface area contributed by atoms with E-state index in [0.717, 1.165) is 33.8 Å². The Morgan fingerprint density at radius 2 is 1.47 bits per heavy atom. The van der Waals surface area contributed by atoms with Gasteiger partial charge in [0.25, 0.3) is 0 Å². The van der Waals surface area contributed by atoms with Crippen LogP contribution in [-0.2, 0) is 0 Å². The number of ether oxygens (including phenoxy) is 1. The molecule has 2 N–H and O–H groups in total. The highest BCUT2D eigenvalue weighted by atomic mass is 16.5. The van der Waals surface area contributed by atoms with Crippen LogP contribution in [0.5, 0.6) is 5.75 Å². The van der Waals surface area contributed by atoms with Crippen molar-refractivity contribution in [3.8, 4) is 16.9 Å². The third kappa shape index (κ3) is 5.54. The topological polar surface area (TPSA) is 53.6 Å². The molecule has 0 aliphatic heterocycles. The maximum Gasteiger partial charge on any atom is 0.319 e. The second kappa shape index (κ2) is 9.83. The Balaban J connectivity index is 1.58. The zero-order chi connectivity index (χ0) is 21.5. The Labute approximate surface area is 178 Å². The normalized spacial score (nSPS) is 11.5. The molecule has 2 amide bonds. The Hall–Kier alpha value is -3.47. The van der Waals surface area contributed by atoms with Crippen LogP contribution in [0.15, 0.2) is 72.8 Å². The standard InChI is InChI=1S/C25H29N3O2/c1-5-30-24-16-10-21(11-17-24)20-8-6-19(7-9-20)18(2)26-25(29)27-22-12-14-23(15-13-22)28(3)4/h6-18H,5H2,1-4H3,(H2,26,27,29). The minimum absolute atomic E-state index is 0.111. The molecule has 1 unspecified atom stereocenters. The maximum absolute atomic E-state index is 12.3. The van der Waals surface area contributed by atoms with Gasteiger partial charge in [-0.1, -0.05) is 36.4 Å². The number of rotatable bonds is 7. The molecule has 0 bridgehead atoms. The summed E-state index contributed by atoms with van der Waals surface area (Å²) in [7, 11) is 3.97. The number of benzene rings is 3. The molecule has 3 aromatic rings. The van der Waals surface area contributed by atoms with E-state index in [-0.39, 0.29) is 12.1 Å². The number of hydrogen-bond acceptors (Lipinski definition) is 3. The van der Waals surface area contributed by atoms with Crippen molar-refractivity contribution in [2.75, 3.05) is 30.9 Å². The van der Waals surface area contributed by atoms with Gasteiger partial charge in [0.1, 0.15) is 5.75 Å². The number of hydrogen-bond donors (Lipinski definition) is 2. The van der Waals surface area contributed by atoms with Gasteiger partial charge in [0.05, 0.1) is 12.6 Å². The van der Waals surface area contributed by atoms with Crippen LogP contribution in [0.4, 0.5) is 16.2 Å². The maximum atomic E-state index is 12.3. The van der Waals surface area contributed by atoms with Gasteiger partial charge in [0, 0.05) is 25.5 Å². The Bertz CT molecular complexity index is 949. The Morgan fingerprint density at radius 1 is 0.900 bits per heavy atom. The fraction of sp³-hybridized carbons (Fsp3) is 0.240. The number of anilines is 2. The van der Waals surface area contributed by atoms with Crippen LogP contribution in [-0.4, -0.2) is 26.7 Å². The molecule has 156 valence electrons. The molecule has 3 rings (SSSR count). The number of nitrogens with zero attached hydrogens (tertiary/aromatic N) is 1. The Kier molecular flexibility index (Phi) is 6.96. The van der Waals surface area contributed by atoms with Crippen molar-refractivity contribution in [1.29, 1.82) is 0 Å². The van der Waals surface area contributed by atoms with Crippen LogP contribution in [0, 0.1) is 0 Å². The van der Waals surface area contributed by atoms with E-state index in [1.807, 2.05) is 81.4 Å². The van der Waals surface area contributed by atoms with Gasteiger partial charge in [-0.3, -0.25) is 0 Å². The molecule has 0 saturated carbocycles. The fourth-order valence-electron chi connectivity index (χ4n) is 3.16. The molecule has 0 aliphatic carbocycles. The lowest BCUT2D eigenvalue weighted by atomic mass is 10.0. The quantitative estimate of drug-likeness (QED) is 0.532. The van der Waals surface area contributed by atoms with Crippen molar-refractivity contribution in [2.45, 2.75) is 19.9 Å². The fourth-order valence-corrected chi connectivity index (χ4v) is 3.16. The summed E-state index contributed by atoms with van der Waals surface area (Å²) in [5.41, 5.74) is 5.14. The van der Waals surface area contributed by atoms with E-state index < -0.39 is 0 Å². The minimum Gasteiger partial charge on any atom is -0.494 e. The van der Waals surface area contributed by atoms with Crippen molar-refractivity contribution in [2.24, 2.45) is 0 Å². The van der Waals surface area contributed by atoms with E-state index in [9.17, 15) is 4.79 Å². The number of carbonyl (C=O) groups excluding carboxylic acids is 1. The molecule has 0 radical (unpaired) electrons. The van der Waals surface area contributed by atoms with Crippen molar-refractivity contribution in [3.05, 3.63) is 78.4 Å². The lowest BCUT2D eigenvalue weighted by Crippen LogP contribution is -2.31. The average molecular weight is 404 g/mol. The van der Waals surface area contributed by atoms with Crippen LogP contribution < -0.4 is 20.3 Å². The molecule has 0 saturated heterocycles. The smallest absolute Gasteiger partial charge is 0.319 e. The van der Waals surface area contributed by atoms with E-state index in [0.29, 0.717) is 6.61 Å². The van der Waals surface area contributed by atoms with Gasteiger partial charge in [-0.25, -0.2) is 4.79 Å². The third-order valence-electron chi connectivity index (χ3n) is 4.90. The monoisotopic (exact) mass is 403 g/mol. The molecule has 0 aliphatic rings. The van der Waals surface area contributed by atoms with Crippen LogP contribution >= 0.6 is 0 Å². The Morgan fingerprint density at radius 3 is 2.00 bits per heavy atom. The van der Waals surface area contributed by atoms with Crippen molar-refractivity contribution in [3.63, 3.8) is 0 Å². The number of urea groups is 1. The van der Waals surface area contributed by atoms with E-state index in [4.69, 9.17) is 4.74 Å². The first-order chi connectivity index (χ1) is 14.5. The van der Waals surface area contributed by atoms with Gasteiger partial charge in [-0.2, -0.15) is 0 Å². The minimum atomic E-state index is -0.226. The number of nitrogens with one attached hydrogen (secondary N) is 2. The number of carbonyl (C=O) groups is 1. The summed E-state index contributed by atoms with van der Waals surface area (Å²) >= 11 is 0. The van der Waals surface area contributed by atoms with Crippen LogP contribution in [0.1, 0.15) is 25.5 Å². The summed E-state index contributed by atoms with van der Waals surface area (Å²) in [6, 6.07) is 23.7. The van der Waals surface area contributed by atoms with Gasteiger partial charge >= 0.3 is 6.03 Å². The second-order valence-corrected chi connectivity index (χ2v) is 7.34. The van der Waals surface area contributed by atoms with E-state index in [2.05, 4.69) is 34.9 Å². The highest BCUT2D eigenvalue weighted by molar-refractivity contribution is 5.89. The molecule has 0 spiro atoms. The van der Waals surface area contributed by atoms with Crippen LogP contribution in [0.2, 0.25) is 0 Å². The third-order valence-corrected chi connectivity index (χ3v) is 4.90. The average Bonchev–Trinajstić information content (AvgIpc) is 2.75. The van der Waals surface area contributed by atoms with E-state index in [1.165, 1.54) is 0 Å². The van der Waals surface area contributed by atoms with Crippen LogP contribution in [0.3, 0.4) is 0 Å². The van der Waals surface area contributed by atoms with Gasteiger partial charge < -0.3 is 20.3 Å². The van der Waals surface area contributed by atoms with Gasteiger partial charge in [0.15, 0.2) is 0 Å². The number of amides is 2. The predicted octanol–water partition coefficient (Wildman–Crippen LogP) is 5.70. The molecule has 5 nitrogen and oxygen atoms in total. The first-order valence-electron chi connectivity index (χ1n) is 10.1. The van der Waals surface area contributed by atoms with Crippen molar-refractivity contribution in [1.82, 2.24) is 5.32 Å².